The van der Waals surface area contributed by atoms with Crippen LogP contribution in [0.5, 0.6) is 0 Å². The summed E-state index contributed by atoms with van der Waals surface area (Å²) in [5.74, 6) is -1.21. The first-order chi connectivity index (χ1) is 8.49. The van der Waals surface area contributed by atoms with E-state index in [1.54, 1.807) is 24.3 Å². The molecule has 0 radical (unpaired) electrons. The van der Waals surface area contributed by atoms with Crippen LogP contribution in [0.3, 0.4) is 0 Å². The first-order valence-corrected chi connectivity index (χ1v) is 5.62. The lowest BCUT2D eigenvalue weighted by Gasteiger charge is -2.30. The Balaban J connectivity index is 2.27. The van der Waals surface area contributed by atoms with Gasteiger partial charge in [0.1, 0.15) is 0 Å². The standard InChI is InChI=1S/C11H11ClN4O2/c12-6-1-3-7(4-2-6)16-5-8(9(13)14)10(17)15-11(16)18/h1-4,8H,5H2,(H3,13,14)(H,15,17,18)/p+1/t8-/m1/s1. The topological polar surface area (TPSA) is 101 Å². The van der Waals surface area contributed by atoms with Gasteiger partial charge in [-0.2, -0.15) is 0 Å². The number of urea groups is 1. The molecule has 5 N–H and O–H groups in total. The van der Waals surface area contributed by atoms with Gasteiger partial charge in [0.15, 0.2) is 5.92 Å². The van der Waals surface area contributed by atoms with Gasteiger partial charge in [-0.1, -0.05) is 11.6 Å². The highest BCUT2D eigenvalue weighted by Crippen LogP contribution is 2.21. The molecule has 0 spiro atoms. The Morgan fingerprint density at radius 3 is 2.56 bits per heavy atom. The second kappa shape index (κ2) is 4.66. The number of anilines is 1. The van der Waals surface area contributed by atoms with Crippen LogP contribution >= 0.6 is 11.6 Å². The Morgan fingerprint density at radius 2 is 2.00 bits per heavy atom. The highest BCUT2D eigenvalue weighted by molar-refractivity contribution is 6.30. The van der Waals surface area contributed by atoms with E-state index in [2.05, 4.69) is 5.32 Å². The van der Waals surface area contributed by atoms with Gasteiger partial charge in [0.2, 0.25) is 5.91 Å². The zero-order chi connectivity index (χ0) is 13.3. The first kappa shape index (κ1) is 12.4. The van der Waals surface area contributed by atoms with Crippen molar-refractivity contribution in [1.29, 1.82) is 0 Å². The van der Waals surface area contributed by atoms with Crippen LogP contribution < -0.4 is 21.4 Å². The predicted octanol–water partition coefficient (Wildman–Crippen LogP) is -0.871. The first-order valence-electron chi connectivity index (χ1n) is 5.24. The van der Waals surface area contributed by atoms with E-state index in [1.165, 1.54) is 4.90 Å². The van der Waals surface area contributed by atoms with E-state index < -0.39 is 17.9 Å². The van der Waals surface area contributed by atoms with Gasteiger partial charge in [-0.25, -0.2) is 4.79 Å². The monoisotopic (exact) mass is 267 g/mol. The number of amides is 3. The lowest BCUT2D eigenvalue weighted by atomic mass is 10.0. The molecule has 0 saturated carbocycles. The quantitative estimate of drug-likeness (QED) is 0.479. The maximum absolute atomic E-state index is 11.7. The molecule has 18 heavy (non-hydrogen) atoms. The van der Waals surface area contributed by atoms with Gasteiger partial charge in [-0.05, 0) is 24.3 Å². The number of nitrogens with one attached hydrogen (secondary N) is 1. The Morgan fingerprint density at radius 1 is 1.39 bits per heavy atom. The van der Waals surface area contributed by atoms with Crippen molar-refractivity contribution in [3.05, 3.63) is 29.3 Å². The largest absolute Gasteiger partial charge is 0.328 e. The number of benzene rings is 1. The summed E-state index contributed by atoms with van der Waals surface area (Å²) >= 11 is 5.77. The summed E-state index contributed by atoms with van der Waals surface area (Å²) in [6, 6.07) is 6.18. The predicted molar refractivity (Wildman–Crippen MR) is 66.9 cm³/mol. The molecular formula is C11H12ClN4O2+. The molecule has 1 aromatic carbocycles. The third-order valence-corrected chi connectivity index (χ3v) is 2.95. The van der Waals surface area contributed by atoms with Crippen LogP contribution in [0.2, 0.25) is 5.02 Å². The van der Waals surface area contributed by atoms with Gasteiger partial charge in [-0.15, -0.1) is 0 Å². The molecule has 1 fully saturated rings. The van der Waals surface area contributed by atoms with Gasteiger partial charge in [0, 0.05) is 10.7 Å². The molecule has 2 rings (SSSR count). The number of halogens is 1. The number of rotatable bonds is 2. The summed E-state index contributed by atoms with van der Waals surface area (Å²) in [5, 5.41) is 8.21. The van der Waals surface area contributed by atoms with Crippen LogP contribution in [-0.4, -0.2) is 24.3 Å². The Labute approximate surface area is 108 Å². The molecule has 1 atom stereocenters. The number of nitrogens with zero attached hydrogens (tertiary/aromatic N) is 1. The molecule has 6 nitrogen and oxygen atoms in total. The zero-order valence-corrected chi connectivity index (χ0v) is 10.1. The third kappa shape index (κ3) is 2.28. The highest BCUT2D eigenvalue weighted by atomic mass is 35.5. The molecule has 0 aromatic heterocycles. The SMILES string of the molecule is NC(=[NH2+])[C@H]1CN(c2ccc(Cl)cc2)C(=O)NC1=O. The van der Waals surface area contributed by atoms with Crippen molar-refractivity contribution in [2.45, 2.75) is 0 Å². The van der Waals surface area contributed by atoms with Gasteiger partial charge in [-0.3, -0.25) is 26.2 Å². The minimum absolute atomic E-state index is 0.0148. The van der Waals surface area contributed by atoms with E-state index in [9.17, 15) is 9.59 Å². The number of amidine groups is 1. The molecule has 1 aliphatic heterocycles. The maximum atomic E-state index is 11.7. The molecular weight excluding hydrogens is 256 g/mol. The fourth-order valence-electron chi connectivity index (χ4n) is 1.71. The molecule has 1 heterocycles. The zero-order valence-electron chi connectivity index (χ0n) is 9.39. The van der Waals surface area contributed by atoms with Crippen molar-refractivity contribution in [2.24, 2.45) is 11.7 Å². The Bertz CT molecular complexity index is 514. The number of hydrogen-bond donors (Lipinski definition) is 3. The summed E-state index contributed by atoms with van der Waals surface area (Å²) in [7, 11) is 0. The van der Waals surface area contributed by atoms with E-state index in [0.717, 1.165) is 0 Å². The van der Waals surface area contributed by atoms with Crippen molar-refractivity contribution < 1.29 is 15.0 Å². The van der Waals surface area contributed by atoms with E-state index in [4.69, 9.17) is 22.7 Å². The second-order valence-electron chi connectivity index (χ2n) is 3.93. The smallest absolute Gasteiger partial charge is 0.293 e. The molecule has 0 bridgehead atoms. The van der Waals surface area contributed by atoms with Crippen molar-refractivity contribution in [3.63, 3.8) is 0 Å². The van der Waals surface area contributed by atoms with E-state index in [-0.39, 0.29) is 12.4 Å². The maximum Gasteiger partial charge on any atom is 0.328 e. The van der Waals surface area contributed by atoms with Crippen molar-refractivity contribution in [3.8, 4) is 0 Å². The molecule has 1 aromatic rings. The van der Waals surface area contributed by atoms with Crippen molar-refractivity contribution in [2.75, 3.05) is 11.4 Å². The minimum Gasteiger partial charge on any atom is -0.293 e. The Hall–Kier alpha value is -2.08. The van der Waals surface area contributed by atoms with Crippen LogP contribution in [0, 0.1) is 5.92 Å². The number of hydrogen-bond acceptors (Lipinski definition) is 2. The molecule has 1 saturated heterocycles. The van der Waals surface area contributed by atoms with Crippen LogP contribution in [0.15, 0.2) is 24.3 Å². The summed E-state index contributed by atoms with van der Waals surface area (Å²) in [6.45, 7) is 0.120. The highest BCUT2D eigenvalue weighted by Gasteiger charge is 2.37. The number of nitrogens with two attached hydrogens (primary N) is 2. The van der Waals surface area contributed by atoms with E-state index >= 15 is 0 Å². The molecule has 7 heteroatoms. The summed E-state index contributed by atoms with van der Waals surface area (Å²) < 4.78 is 0. The van der Waals surface area contributed by atoms with Gasteiger partial charge < -0.3 is 0 Å². The summed E-state index contributed by atoms with van der Waals surface area (Å²) in [4.78, 5) is 24.6. The normalized spacial score (nSPS) is 19.6. The van der Waals surface area contributed by atoms with Crippen molar-refractivity contribution in [1.82, 2.24) is 5.32 Å². The summed E-state index contributed by atoms with van der Waals surface area (Å²) in [6.07, 6.45) is 0. The third-order valence-electron chi connectivity index (χ3n) is 2.70. The number of imide groups is 1. The van der Waals surface area contributed by atoms with Gasteiger partial charge in [0.25, 0.3) is 5.84 Å². The Kier molecular flexibility index (Phi) is 3.20. The van der Waals surface area contributed by atoms with Crippen LogP contribution in [0.25, 0.3) is 0 Å². The number of carbonyl (C=O) groups is 2. The van der Waals surface area contributed by atoms with E-state index in [1.807, 2.05) is 0 Å². The average Bonchev–Trinajstić information content (AvgIpc) is 2.30. The summed E-state index contributed by atoms with van der Waals surface area (Å²) in [5.41, 5.74) is 6.06. The lowest BCUT2D eigenvalue weighted by molar-refractivity contribution is -0.132. The average molecular weight is 268 g/mol. The fraction of sp³-hybridized carbons (Fsp3) is 0.182. The lowest BCUT2D eigenvalue weighted by Crippen LogP contribution is -2.63. The van der Waals surface area contributed by atoms with E-state index in [0.29, 0.717) is 10.7 Å². The van der Waals surface area contributed by atoms with Crippen LogP contribution in [0.4, 0.5) is 10.5 Å². The minimum atomic E-state index is -0.710. The van der Waals surface area contributed by atoms with Crippen molar-refractivity contribution >= 4 is 35.1 Å². The molecule has 0 aliphatic carbocycles. The van der Waals surface area contributed by atoms with Gasteiger partial charge >= 0.3 is 6.03 Å². The molecule has 1 aliphatic rings. The number of carbonyl (C=O) groups excluding carboxylic acids is 2. The van der Waals surface area contributed by atoms with Gasteiger partial charge in [0.05, 0.1) is 6.54 Å². The molecule has 3 amide bonds. The van der Waals surface area contributed by atoms with Crippen LogP contribution in [-0.2, 0) is 4.79 Å². The fourth-order valence-corrected chi connectivity index (χ4v) is 1.83. The van der Waals surface area contributed by atoms with Crippen LogP contribution in [0.1, 0.15) is 0 Å². The molecule has 94 valence electrons. The second-order valence-corrected chi connectivity index (χ2v) is 4.37. The molecule has 0 unspecified atom stereocenters.